The molecule has 3 aliphatic heterocycles. The molecule has 1 saturated carbocycles. The quantitative estimate of drug-likeness (QED) is 0.655. The molecule has 2 aliphatic carbocycles. The molecule has 5 aliphatic rings. The van der Waals surface area contributed by atoms with Gasteiger partial charge in [-0.3, -0.25) is 9.59 Å². The number of imidazole rings is 1. The van der Waals surface area contributed by atoms with E-state index >= 15 is 0 Å². The van der Waals surface area contributed by atoms with Gasteiger partial charge in [-0.15, -0.1) is 0 Å². The lowest BCUT2D eigenvalue weighted by Crippen LogP contribution is -2.55. The van der Waals surface area contributed by atoms with Crippen molar-refractivity contribution in [2.75, 3.05) is 13.1 Å². The molecule has 35 heavy (non-hydrogen) atoms. The molecule has 0 radical (unpaired) electrons. The van der Waals surface area contributed by atoms with Gasteiger partial charge in [0.05, 0.1) is 6.20 Å². The minimum Gasteiger partial charge on any atom is -0.342 e. The second kappa shape index (κ2) is 7.43. The number of hydrogen-bond acceptors (Lipinski definition) is 5. The lowest BCUT2D eigenvalue weighted by Gasteiger charge is -2.48. The fourth-order valence-corrected chi connectivity index (χ4v) is 6.84. The van der Waals surface area contributed by atoms with E-state index in [-0.39, 0.29) is 49.1 Å². The van der Waals surface area contributed by atoms with E-state index in [1.54, 1.807) is 23.2 Å². The SMILES string of the molecule is O=C(c1cnc2cccnn12)N1CCC2(CC1)OC1CC[C@@H](C3CC4C(F)=CC(F)=CC43)N1C2=O.[HH]. The minimum atomic E-state index is -0.931. The average molecular weight is 484 g/mol. The summed E-state index contributed by atoms with van der Waals surface area (Å²) in [5, 5.41) is 4.22. The van der Waals surface area contributed by atoms with Crippen LogP contribution in [0.1, 0.15) is 44.0 Å². The Balaban J connectivity index is 0.00000240. The van der Waals surface area contributed by atoms with Crippen molar-refractivity contribution >= 4 is 17.5 Å². The van der Waals surface area contributed by atoms with Crippen LogP contribution in [0, 0.1) is 17.8 Å². The van der Waals surface area contributed by atoms with E-state index < -0.39 is 11.4 Å². The van der Waals surface area contributed by atoms with Crippen LogP contribution in [0.4, 0.5) is 8.78 Å². The van der Waals surface area contributed by atoms with Gasteiger partial charge >= 0.3 is 0 Å². The number of piperidine rings is 1. The zero-order chi connectivity index (χ0) is 23.9. The summed E-state index contributed by atoms with van der Waals surface area (Å²) in [6.45, 7) is 0.794. The average Bonchev–Trinajstić information content (AvgIpc) is 3.51. The van der Waals surface area contributed by atoms with Crippen molar-refractivity contribution in [2.45, 2.75) is 50.0 Å². The molecule has 184 valence electrons. The Morgan fingerprint density at radius 1 is 1.23 bits per heavy atom. The largest absolute Gasteiger partial charge is 0.342 e. The lowest BCUT2D eigenvalue weighted by atomic mass is 9.59. The van der Waals surface area contributed by atoms with E-state index in [9.17, 15) is 18.4 Å². The van der Waals surface area contributed by atoms with Crippen molar-refractivity contribution in [1.82, 2.24) is 24.4 Å². The number of likely N-dealkylation sites (tertiary alicyclic amines) is 1. The number of fused-ring (bicyclic) bond motifs is 3. The molecular formula is C25H27F2N5O3. The summed E-state index contributed by atoms with van der Waals surface area (Å²) in [6.07, 6.45) is 8.32. The molecule has 2 aromatic heterocycles. The van der Waals surface area contributed by atoms with Crippen LogP contribution in [0.15, 0.2) is 48.3 Å². The van der Waals surface area contributed by atoms with Gasteiger partial charge in [0, 0.05) is 51.6 Å². The fraction of sp³-hybridized carbons (Fsp3) is 0.520. The monoisotopic (exact) mass is 483 g/mol. The highest BCUT2D eigenvalue weighted by Crippen LogP contribution is 2.55. The minimum absolute atomic E-state index is 0. The predicted octanol–water partition coefficient (Wildman–Crippen LogP) is 3.27. The smallest absolute Gasteiger partial charge is 0.274 e. The van der Waals surface area contributed by atoms with Crippen LogP contribution in [0.25, 0.3) is 5.65 Å². The van der Waals surface area contributed by atoms with Gasteiger partial charge in [-0.1, -0.05) is 0 Å². The maximum Gasteiger partial charge on any atom is 0.274 e. The molecule has 5 heterocycles. The molecule has 0 aromatic carbocycles. The van der Waals surface area contributed by atoms with Crippen LogP contribution in [0.3, 0.4) is 0 Å². The Labute approximate surface area is 201 Å². The van der Waals surface area contributed by atoms with E-state index in [1.165, 1.54) is 16.8 Å². The summed E-state index contributed by atoms with van der Waals surface area (Å²) >= 11 is 0. The Hall–Kier alpha value is -3.14. The number of halogens is 2. The molecule has 5 atom stereocenters. The number of allylic oxidation sites excluding steroid dienone is 4. The van der Waals surface area contributed by atoms with Crippen LogP contribution in [0.5, 0.6) is 0 Å². The Bertz CT molecular complexity index is 1300. The normalized spacial score (nSPS) is 33.4. The van der Waals surface area contributed by atoms with Crippen LogP contribution in [-0.4, -0.2) is 67.2 Å². The molecule has 10 heteroatoms. The Morgan fingerprint density at radius 3 is 2.89 bits per heavy atom. The topological polar surface area (TPSA) is 80.0 Å². The van der Waals surface area contributed by atoms with Gasteiger partial charge in [0.1, 0.15) is 17.9 Å². The zero-order valence-electron chi connectivity index (χ0n) is 19.0. The number of carbonyl (C=O) groups is 2. The second-order valence-corrected chi connectivity index (χ2v) is 10.3. The summed E-state index contributed by atoms with van der Waals surface area (Å²) in [6, 6.07) is 3.49. The number of nitrogens with zero attached hydrogens (tertiary/aromatic N) is 5. The van der Waals surface area contributed by atoms with Gasteiger partial charge in [0.15, 0.2) is 16.9 Å². The third-order valence-corrected chi connectivity index (χ3v) is 8.68. The van der Waals surface area contributed by atoms with Gasteiger partial charge in [0.25, 0.3) is 11.8 Å². The third-order valence-electron chi connectivity index (χ3n) is 8.68. The van der Waals surface area contributed by atoms with Crippen LogP contribution >= 0.6 is 0 Å². The van der Waals surface area contributed by atoms with Crippen molar-refractivity contribution in [3.63, 3.8) is 0 Å². The number of rotatable bonds is 2. The Kier molecular flexibility index (Phi) is 4.49. The van der Waals surface area contributed by atoms with Crippen molar-refractivity contribution in [2.24, 2.45) is 17.8 Å². The number of hydrogen-bond donors (Lipinski definition) is 0. The van der Waals surface area contributed by atoms with Crippen molar-refractivity contribution in [3.8, 4) is 0 Å². The first-order chi connectivity index (χ1) is 16.9. The summed E-state index contributed by atoms with van der Waals surface area (Å²) in [5.41, 5.74) is 0.0656. The third kappa shape index (κ3) is 2.98. The van der Waals surface area contributed by atoms with E-state index in [0.717, 1.165) is 18.9 Å². The van der Waals surface area contributed by atoms with E-state index in [1.807, 2.05) is 4.90 Å². The molecule has 8 nitrogen and oxygen atoms in total. The molecule has 0 bridgehead atoms. The molecule has 2 amide bonds. The van der Waals surface area contributed by atoms with E-state index in [0.29, 0.717) is 43.7 Å². The molecule has 1 spiro atoms. The van der Waals surface area contributed by atoms with Gasteiger partial charge in [-0.05, 0) is 49.3 Å². The standard InChI is InChI=1S/C25H25F2N5O3.H2/c26-14-10-15-16(18(27)11-14)12-17(15)19-3-4-22-31(19)24(34)25(35-22)5-8-30(9-6-25)23(33)20-13-28-21-2-1-7-29-32(20)21;/h1-2,7,10-11,13,15-17,19,22H,3-6,8-9,12H2;1H/t15?,16?,17?,19-,22?;/m0./s1. The number of ether oxygens (including phenoxy) is 1. The fourth-order valence-electron chi connectivity index (χ4n) is 6.84. The van der Waals surface area contributed by atoms with Gasteiger partial charge in [-0.25, -0.2) is 18.3 Å². The molecule has 4 unspecified atom stereocenters. The van der Waals surface area contributed by atoms with E-state index in [4.69, 9.17) is 4.74 Å². The summed E-state index contributed by atoms with van der Waals surface area (Å²) in [5.74, 6) is -1.55. The summed E-state index contributed by atoms with van der Waals surface area (Å²) in [4.78, 5) is 34.7. The molecule has 2 aromatic rings. The highest BCUT2D eigenvalue weighted by Gasteiger charge is 2.61. The zero-order valence-corrected chi connectivity index (χ0v) is 19.0. The van der Waals surface area contributed by atoms with Crippen molar-refractivity contribution in [1.29, 1.82) is 0 Å². The first-order valence-electron chi connectivity index (χ1n) is 12.3. The second-order valence-electron chi connectivity index (χ2n) is 10.3. The number of carbonyl (C=O) groups excluding carboxylic acids is 2. The highest BCUT2D eigenvalue weighted by molar-refractivity contribution is 5.94. The molecular weight excluding hydrogens is 456 g/mol. The molecule has 3 saturated heterocycles. The first-order valence-corrected chi connectivity index (χ1v) is 12.3. The maximum atomic E-state index is 14.1. The van der Waals surface area contributed by atoms with Crippen molar-refractivity contribution in [3.05, 3.63) is 54.0 Å². The highest BCUT2D eigenvalue weighted by atomic mass is 19.1. The molecule has 4 fully saturated rings. The van der Waals surface area contributed by atoms with Gasteiger partial charge in [0.2, 0.25) is 0 Å². The molecule has 7 rings (SSSR count). The predicted molar refractivity (Wildman–Crippen MR) is 121 cm³/mol. The summed E-state index contributed by atoms with van der Waals surface area (Å²) < 4.78 is 35.9. The van der Waals surface area contributed by atoms with Crippen LogP contribution in [0.2, 0.25) is 0 Å². The van der Waals surface area contributed by atoms with Crippen LogP contribution in [-0.2, 0) is 9.53 Å². The van der Waals surface area contributed by atoms with Gasteiger partial charge < -0.3 is 14.5 Å². The Morgan fingerprint density at radius 2 is 2.06 bits per heavy atom. The lowest BCUT2D eigenvalue weighted by molar-refractivity contribution is -0.143. The summed E-state index contributed by atoms with van der Waals surface area (Å²) in [7, 11) is 0. The molecule has 0 N–H and O–H groups in total. The number of amides is 2. The van der Waals surface area contributed by atoms with Gasteiger partial charge in [-0.2, -0.15) is 5.10 Å². The maximum absolute atomic E-state index is 14.1. The van der Waals surface area contributed by atoms with Crippen molar-refractivity contribution < 1.29 is 24.5 Å². The van der Waals surface area contributed by atoms with Crippen LogP contribution < -0.4 is 0 Å². The van der Waals surface area contributed by atoms with E-state index in [2.05, 4.69) is 10.1 Å². The first kappa shape index (κ1) is 21.2. The number of aromatic nitrogens is 3.